The molecule has 0 spiro atoms. The number of pyridine rings is 1. The van der Waals surface area contributed by atoms with Gasteiger partial charge in [0.1, 0.15) is 6.07 Å². The SMILES string of the molecule is CCOC(=O)Cc1cc(C(F)F)c(C#N)nc1F. The molecule has 7 heteroatoms. The largest absolute Gasteiger partial charge is 0.466 e. The average molecular weight is 258 g/mol. The molecule has 0 aliphatic carbocycles. The molecule has 0 aromatic carbocycles. The van der Waals surface area contributed by atoms with Crippen molar-refractivity contribution in [1.29, 1.82) is 5.26 Å². The van der Waals surface area contributed by atoms with E-state index >= 15 is 0 Å². The van der Waals surface area contributed by atoms with Crippen molar-refractivity contribution in [2.24, 2.45) is 0 Å². The summed E-state index contributed by atoms with van der Waals surface area (Å²) in [4.78, 5) is 14.2. The Kier molecular flexibility index (Phi) is 4.66. The normalized spacial score (nSPS) is 10.2. The molecule has 4 nitrogen and oxygen atoms in total. The van der Waals surface area contributed by atoms with Gasteiger partial charge in [-0.3, -0.25) is 4.79 Å². The van der Waals surface area contributed by atoms with Crippen molar-refractivity contribution in [1.82, 2.24) is 4.98 Å². The van der Waals surface area contributed by atoms with Gasteiger partial charge in [0.2, 0.25) is 5.95 Å². The highest BCUT2D eigenvalue weighted by atomic mass is 19.3. The minimum Gasteiger partial charge on any atom is -0.466 e. The maximum absolute atomic E-state index is 13.4. The monoisotopic (exact) mass is 258 g/mol. The van der Waals surface area contributed by atoms with E-state index in [4.69, 9.17) is 5.26 Å². The van der Waals surface area contributed by atoms with E-state index in [2.05, 4.69) is 9.72 Å². The molecule has 1 aromatic rings. The van der Waals surface area contributed by atoms with E-state index in [1.807, 2.05) is 0 Å². The number of ether oxygens (including phenoxy) is 1. The smallest absolute Gasteiger partial charge is 0.310 e. The topological polar surface area (TPSA) is 63.0 Å². The summed E-state index contributed by atoms with van der Waals surface area (Å²) in [6.07, 6.45) is -3.47. The molecule has 96 valence electrons. The standard InChI is InChI=1S/C11H9F3N2O2/c1-2-18-9(17)4-6-3-7(10(12)13)8(5-15)16-11(6)14/h3,10H,2,4H2,1H3. The molecule has 0 saturated heterocycles. The third-order valence-electron chi connectivity index (χ3n) is 2.06. The van der Waals surface area contributed by atoms with Gasteiger partial charge in [0, 0.05) is 5.56 Å². The van der Waals surface area contributed by atoms with Crippen LogP contribution >= 0.6 is 0 Å². The van der Waals surface area contributed by atoms with Crippen LogP contribution in [0.5, 0.6) is 0 Å². The van der Waals surface area contributed by atoms with Gasteiger partial charge in [-0.2, -0.15) is 9.65 Å². The molecular formula is C11H9F3N2O2. The molecular weight excluding hydrogens is 249 g/mol. The van der Waals surface area contributed by atoms with Crippen LogP contribution in [0.3, 0.4) is 0 Å². The second-order valence-corrected chi connectivity index (χ2v) is 3.27. The molecule has 0 bridgehead atoms. The first-order valence-electron chi connectivity index (χ1n) is 5.02. The van der Waals surface area contributed by atoms with Crippen LogP contribution in [0, 0.1) is 17.3 Å². The maximum Gasteiger partial charge on any atom is 0.310 e. The minimum absolute atomic E-state index is 0.103. The molecule has 1 rings (SSSR count). The van der Waals surface area contributed by atoms with Gasteiger partial charge in [0.05, 0.1) is 18.6 Å². The molecule has 0 aliphatic rings. The van der Waals surface area contributed by atoms with Crippen LogP contribution in [0.2, 0.25) is 0 Å². The first-order chi connectivity index (χ1) is 8.49. The Morgan fingerprint density at radius 2 is 2.28 bits per heavy atom. The molecule has 18 heavy (non-hydrogen) atoms. The number of rotatable bonds is 4. The number of nitrogens with zero attached hydrogens (tertiary/aromatic N) is 2. The summed E-state index contributed by atoms with van der Waals surface area (Å²) in [5.41, 5.74) is -1.70. The van der Waals surface area contributed by atoms with Gasteiger partial charge < -0.3 is 4.74 Å². The number of alkyl halides is 2. The van der Waals surface area contributed by atoms with Crippen molar-refractivity contribution in [2.75, 3.05) is 6.61 Å². The summed E-state index contributed by atoms with van der Waals surface area (Å²) < 4.78 is 43.1. The predicted molar refractivity (Wildman–Crippen MR) is 54.2 cm³/mol. The third kappa shape index (κ3) is 3.20. The molecule has 0 amide bonds. The van der Waals surface area contributed by atoms with E-state index in [-0.39, 0.29) is 12.2 Å². The fourth-order valence-corrected chi connectivity index (χ4v) is 1.30. The van der Waals surface area contributed by atoms with Crippen LogP contribution < -0.4 is 0 Å². The lowest BCUT2D eigenvalue weighted by Gasteiger charge is -2.07. The number of nitriles is 1. The zero-order valence-electron chi connectivity index (χ0n) is 9.41. The molecule has 0 unspecified atom stereocenters. The third-order valence-corrected chi connectivity index (χ3v) is 2.06. The summed E-state index contributed by atoms with van der Waals surface area (Å²) >= 11 is 0. The van der Waals surface area contributed by atoms with Gasteiger partial charge in [0.15, 0.2) is 5.69 Å². The van der Waals surface area contributed by atoms with Gasteiger partial charge >= 0.3 is 5.97 Å². The van der Waals surface area contributed by atoms with Crippen molar-refractivity contribution >= 4 is 5.97 Å². The zero-order chi connectivity index (χ0) is 13.7. The van der Waals surface area contributed by atoms with Crippen LogP contribution in [-0.2, 0) is 16.0 Å². The van der Waals surface area contributed by atoms with Crippen molar-refractivity contribution in [3.05, 3.63) is 28.8 Å². The Balaban J connectivity index is 3.10. The Labute approximate surface area is 101 Å². The highest BCUT2D eigenvalue weighted by molar-refractivity contribution is 5.72. The quantitative estimate of drug-likeness (QED) is 0.613. The summed E-state index contributed by atoms with van der Waals surface area (Å²) in [5.74, 6) is -1.87. The summed E-state index contributed by atoms with van der Waals surface area (Å²) in [5, 5.41) is 8.54. The first kappa shape index (κ1) is 14.0. The van der Waals surface area contributed by atoms with E-state index in [0.29, 0.717) is 0 Å². The van der Waals surface area contributed by atoms with Gasteiger partial charge in [0.25, 0.3) is 6.43 Å². The summed E-state index contributed by atoms with van der Waals surface area (Å²) in [7, 11) is 0. The second-order valence-electron chi connectivity index (χ2n) is 3.27. The summed E-state index contributed by atoms with van der Waals surface area (Å²) in [6.45, 7) is 1.67. The molecule has 0 aliphatic heterocycles. The van der Waals surface area contributed by atoms with Crippen molar-refractivity contribution < 1.29 is 22.7 Å². The lowest BCUT2D eigenvalue weighted by atomic mass is 10.1. The van der Waals surface area contributed by atoms with E-state index < -0.39 is 36.0 Å². The number of aromatic nitrogens is 1. The van der Waals surface area contributed by atoms with E-state index in [1.54, 1.807) is 6.92 Å². The van der Waals surface area contributed by atoms with Gasteiger partial charge in [-0.05, 0) is 13.0 Å². The number of esters is 1. The number of carbonyl (C=O) groups is 1. The van der Waals surface area contributed by atoms with Crippen molar-refractivity contribution in [3.8, 4) is 6.07 Å². The van der Waals surface area contributed by atoms with Gasteiger partial charge in [-0.1, -0.05) is 0 Å². The van der Waals surface area contributed by atoms with E-state index in [1.165, 1.54) is 6.07 Å². The van der Waals surface area contributed by atoms with Crippen molar-refractivity contribution in [3.63, 3.8) is 0 Å². The van der Waals surface area contributed by atoms with Crippen LogP contribution in [-0.4, -0.2) is 17.6 Å². The van der Waals surface area contributed by atoms with Crippen LogP contribution in [0.15, 0.2) is 6.07 Å². The van der Waals surface area contributed by atoms with Crippen molar-refractivity contribution in [2.45, 2.75) is 19.8 Å². The van der Waals surface area contributed by atoms with E-state index in [0.717, 1.165) is 6.07 Å². The second kappa shape index (κ2) is 6.00. The highest BCUT2D eigenvalue weighted by Crippen LogP contribution is 2.23. The van der Waals surface area contributed by atoms with Gasteiger partial charge in [-0.25, -0.2) is 13.8 Å². The Hall–Kier alpha value is -2.10. The number of halogens is 3. The molecule has 0 atom stereocenters. The molecule has 0 N–H and O–H groups in total. The fourth-order valence-electron chi connectivity index (χ4n) is 1.30. The highest BCUT2D eigenvalue weighted by Gasteiger charge is 2.20. The number of hydrogen-bond acceptors (Lipinski definition) is 4. The van der Waals surface area contributed by atoms with Crippen LogP contribution in [0.4, 0.5) is 13.2 Å². The predicted octanol–water partition coefficient (Wildman–Crippen LogP) is 2.14. The molecule has 0 saturated carbocycles. The average Bonchev–Trinajstić information content (AvgIpc) is 2.31. The molecule has 1 heterocycles. The van der Waals surface area contributed by atoms with Crippen LogP contribution in [0.1, 0.15) is 30.2 Å². The Morgan fingerprint density at radius 1 is 1.61 bits per heavy atom. The van der Waals surface area contributed by atoms with E-state index in [9.17, 15) is 18.0 Å². The van der Waals surface area contributed by atoms with Gasteiger partial charge in [-0.15, -0.1) is 0 Å². The first-order valence-corrected chi connectivity index (χ1v) is 5.02. The molecule has 0 fully saturated rings. The Bertz CT molecular complexity index is 498. The lowest BCUT2D eigenvalue weighted by molar-refractivity contribution is -0.142. The fraction of sp³-hybridized carbons (Fsp3) is 0.364. The molecule has 1 aromatic heterocycles. The minimum atomic E-state index is -2.96. The van der Waals surface area contributed by atoms with Crippen LogP contribution in [0.25, 0.3) is 0 Å². The number of hydrogen-bond donors (Lipinski definition) is 0. The summed E-state index contributed by atoms with van der Waals surface area (Å²) in [6, 6.07) is 2.14. The maximum atomic E-state index is 13.4. The zero-order valence-corrected chi connectivity index (χ0v) is 9.41. The lowest BCUT2D eigenvalue weighted by Crippen LogP contribution is -2.11. The molecule has 0 radical (unpaired) electrons. The number of carbonyl (C=O) groups excluding carboxylic acids is 1. The Morgan fingerprint density at radius 3 is 2.78 bits per heavy atom.